The van der Waals surface area contributed by atoms with Crippen molar-refractivity contribution in [3.8, 4) is 17.2 Å². The molecule has 3 aromatic rings. The second-order valence-electron chi connectivity index (χ2n) is 8.94. The number of amides is 1. The van der Waals surface area contributed by atoms with Crippen LogP contribution in [0.3, 0.4) is 0 Å². The normalized spacial score (nSPS) is 16.2. The molecule has 0 saturated heterocycles. The molecule has 0 radical (unpaired) electrons. The minimum Gasteiger partial charge on any atom is -0.497 e. The number of fused-ring (bicyclic) bond motifs is 1. The number of ether oxygens (including phenoxy) is 3. The Morgan fingerprint density at radius 1 is 0.943 bits per heavy atom. The Kier molecular flexibility index (Phi) is 7.93. The van der Waals surface area contributed by atoms with E-state index in [1.165, 1.54) is 11.1 Å². The summed E-state index contributed by atoms with van der Waals surface area (Å²) in [5.41, 5.74) is 4.59. The van der Waals surface area contributed by atoms with Gasteiger partial charge in [-0.1, -0.05) is 42.5 Å². The molecule has 6 heteroatoms. The second kappa shape index (κ2) is 11.3. The predicted octanol–water partition coefficient (Wildman–Crippen LogP) is 4.56. The third-order valence-electron chi connectivity index (χ3n) is 6.64. The van der Waals surface area contributed by atoms with Gasteiger partial charge >= 0.3 is 0 Å². The highest BCUT2D eigenvalue weighted by Gasteiger charge is 2.33. The zero-order valence-corrected chi connectivity index (χ0v) is 20.9. The van der Waals surface area contributed by atoms with Crippen molar-refractivity contribution in [1.82, 2.24) is 10.2 Å². The van der Waals surface area contributed by atoms with E-state index >= 15 is 0 Å². The Labute approximate surface area is 207 Å². The molecule has 184 valence electrons. The van der Waals surface area contributed by atoms with Gasteiger partial charge in [0.1, 0.15) is 5.75 Å². The molecule has 1 amide bonds. The topological polar surface area (TPSA) is 60.0 Å². The fraction of sp³-hybridized carbons (Fsp3) is 0.345. The first-order chi connectivity index (χ1) is 17.0. The summed E-state index contributed by atoms with van der Waals surface area (Å²) in [6, 6.07) is 22.0. The summed E-state index contributed by atoms with van der Waals surface area (Å²) < 4.78 is 16.5. The van der Waals surface area contributed by atoms with Gasteiger partial charge in [-0.15, -0.1) is 0 Å². The SMILES string of the molecule is COc1ccc(CN2CCc3cc(OC)c(OC)cc3C2C(C)NC(=O)Cc2ccccc2)cc1. The van der Waals surface area contributed by atoms with Gasteiger partial charge < -0.3 is 19.5 Å². The van der Waals surface area contributed by atoms with Crippen LogP contribution in [0.25, 0.3) is 0 Å². The second-order valence-corrected chi connectivity index (χ2v) is 8.94. The first-order valence-electron chi connectivity index (χ1n) is 12.0. The first-order valence-corrected chi connectivity index (χ1v) is 12.0. The fourth-order valence-corrected chi connectivity index (χ4v) is 4.92. The van der Waals surface area contributed by atoms with Crippen molar-refractivity contribution >= 4 is 5.91 Å². The molecular formula is C29H34N2O4. The van der Waals surface area contributed by atoms with Gasteiger partial charge in [-0.05, 0) is 59.9 Å². The van der Waals surface area contributed by atoms with E-state index in [0.29, 0.717) is 12.2 Å². The van der Waals surface area contributed by atoms with Gasteiger partial charge in [0.15, 0.2) is 11.5 Å². The van der Waals surface area contributed by atoms with E-state index in [-0.39, 0.29) is 18.0 Å². The van der Waals surface area contributed by atoms with Gasteiger partial charge in [0.2, 0.25) is 5.91 Å². The summed E-state index contributed by atoms with van der Waals surface area (Å²) in [4.78, 5) is 15.4. The predicted molar refractivity (Wildman–Crippen MR) is 137 cm³/mol. The van der Waals surface area contributed by atoms with Crippen LogP contribution in [0.2, 0.25) is 0 Å². The standard InChI is InChI=1S/C29H34N2O4/c1-20(30-28(32)16-21-8-6-5-7-9-21)29-25-18-27(35-4)26(34-3)17-23(25)14-15-31(29)19-22-10-12-24(33-2)13-11-22/h5-13,17-18,20,29H,14-16,19H2,1-4H3,(H,30,32). The van der Waals surface area contributed by atoms with Gasteiger partial charge in [-0.3, -0.25) is 9.69 Å². The Bertz CT molecular complexity index is 1130. The average molecular weight is 475 g/mol. The van der Waals surface area contributed by atoms with E-state index in [0.717, 1.165) is 42.1 Å². The molecule has 6 nitrogen and oxygen atoms in total. The van der Waals surface area contributed by atoms with E-state index < -0.39 is 0 Å². The average Bonchev–Trinajstić information content (AvgIpc) is 2.88. The summed E-state index contributed by atoms with van der Waals surface area (Å²) in [5.74, 6) is 2.29. The molecule has 35 heavy (non-hydrogen) atoms. The highest BCUT2D eigenvalue weighted by molar-refractivity contribution is 5.79. The van der Waals surface area contributed by atoms with Gasteiger partial charge in [-0.2, -0.15) is 0 Å². The van der Waals surface area contributed by atoms with E-state index in [4.69, 9.17) is 14.2 Å². The summed E-state index contributed by atoms with van der Waals surface area (Å²) in [6.07, 6.45) is 1.25. The van der Waals surface area contributed by atoms with Gasteiger partial charge in [0.25, 0.3) is 0 Å². The lowest BCUT2D eigenvalue weighted by molar-refractivity contribution is -0.121. The molecule has 0 aromatic heterocycles. The molecule has 2 atom stereocenters. The van der Waals surface area contributed by atoms with Crippen molar-refractivity contribution in [3.63, 3.8) is 0 Å². The molecule has 0 saturated carbocycles. The monoisotopic (exact) mass is 474 g/mol. The van der Waals surface area contributed by atoms with Gasteiger partial charge in [0, 0.05) is 19.1 Å². The van der Waals surface area contributed by atoms with Crippen molar-refractivity contribution in [1.29, 1.82) is 0 Å². The number of hydrogen-bond donors (Lipinski definition) is 1. The number of carbonyl (C=O) groups excluding carboxylic acids is 1. The lowest BCUT2D eigenvalue weighted by Gasteiger charge is -2.41. The Morgan fingerprint density at radius 2 is 1.63 bits per heavy atom. The summed E-state index contributed by atoms with van der Waals surface area (Å²) in [6.45, 7) is 3.72. The molecule has 1 aliphatic rings. The minimum absolute atomic E-state index is 0.0135. The molecule has 1 N–H and O–H groups in total. The maximum atomic E-state index is 12.9. The van der Waals surface area contributed by atoms with Crippen LogP contribution in [0.1, 0.15) is 35.2 Å². The van der Waals surface area contributed by atoms with Crippen molar-refractivity contribution in [2.45, 2.75) is 38.4 Å². The summed E-state index contributed by atoms with van der Waals surface area (Å²) in [5, 5.41) is 3.27. The number of methoxy groups -OCH3 is 3. The quantitative estimate of drug-likeness (QED) is 0.493. The Hall–Kier alpha value is -3.51. The van der Waals surface area contributed by atoms with E-state index in [1.807, 2.05) is 42.5 Å². The Balaban J connectivity index is 1.62. The number of carbonyl (C=O) groups is 1. The third-order valence-corrected chi connectivity index (χ3v) is 6.64. The van der Waals surface area contributed by atoms with E-state index in [2.05, 4.69) is 41.4 Å². The number of hydrogen-bond acceptors (Lipinski definition) is 5. The molecule has 0 bridgehead atoms. The zero-order valence-electron chi connectivity index (χ0n) is 20.9. The van der Waals surface area contributed by atoms with Crippen molar-refractivity contribution in [2.75, 3.05) is 27.9 Å². The molecule has 4 rings (SSSR count). The van der Waals surface area contributed by atoms with Crippen molar-refractivity contribution in [3.05, 3.63) is 89.0 Å². The number of nitrogens with one attached hydrogen (secondary N) is 1. The molecule has 0 aliphatic carbocycles. The van der Waals surface area contributed by atoms with E-state index in [9.17, 15) is 4.79 Å². The molecule has 1 heterocycles. The van der Waals surface area contributed by atoms with Gasteiger partial charge in [-0.25, -0.2) is 0 Å². The van der Waals surface area contributed by atoms with Crippen molar-refractivity contribution in [2.24, 2.45) is 0 Å². The molecule has 0 spiro atoms. The van der Waals surface area contributed by atoms with Crippen LogP contribution in [0.15, 0.2) is 66.7 Å². The first kappa shape index (κ1) is 24.6. The maximum Gasteiger partial charge on any atom is 0.224 e. The number of benzene rings is 3. The summed E-state index contributed by atoms with van der Waals surface area (Å²) in [7, 11) is 4.99. The molecule has 3 aromatic carbocycles. The molecule has 1 aliphatic heterocycles. The van der Waals surface area contributed by atoms with Gasteiger partial charge in [0.05, 0.1) is 33.8 Å². The minimum atomic E-state index is -0.110. The molecule has 0 fully saturated rings. The lowest BCUT2D eigenvalue weighted by atomic mass is 9.87. The number of rotatable bonds is 9. The van der Waals surface area contributed by atoms with Crippen LogP contribution >= 0.6 is 0 Å². The fourth-order valence-electron chi connectivity index (χ4n) is 4.92. The largest absolute Gasteiger partial charge is 0.497 e. The van der Waals surface area contributed by atoms with Crippen LogP contribution in [-0.2, 0) is 24.2 Å². The zero-order chi connectivity index (χ0) is 24.8. The van der Waals surface area contributed by atoms with Crippen LogP contribution < -0.4 is 19.5 Å². The smallest absolute Gasteiger partial charge is 0.224 e. The van der Waals surface area contributed by atoms with Crippen LogP contribution in [0.4, 0.5) is 0 Å². The lowest BCUT2D eigenvalue weighted by Crippen LogP contribution is -2.47. The maximum absolute atomic E-state index is 12.9. The van der Waals surface area contributed by atoms with Crippen LogP contribution in [0, 0.1) is 0 Å². The Morgan fingerprint density at radius 3 is 2.29 bits per heavy atom. The molecular weight excluding hydrogens is 440 g/mol. The highest BCUT2D eigenvalue weighted by Crippen LogP contribution is 2.40. The van der Waals surface area contributed by atoms with Crippen LogP contribution in [-0.4, -0.2) is 44.7 Å². The van der Waals surface area contributed by atoms with Crippen LogP contribution in [0.5, 0.6) is 17.2 Å². The molecule has 2 unspecified atom stereocenters. The highest BCUT2D eigenvalue weighted by atomic mass is 16.5. The number of nitrogens with zero attached hydrogens (tertiary/aromatic N) is 1. The van der Waals surface area contributed by atoms with Crippen molar-refractivity contribution < 1.29 is 19.0 Å². The summed E-state index contributed by atoms with van der Waals surface area (Å²) >= 11 is 0. The third kappa shape index (κ3) is 5.77. The van der Waals surface area contributed by atoms with E-state index in [1.54, 1.807) is 21.3 Å².